The first kappa shape index (κ1) is 12.2. The Bertz CT molecular complexity index is 539. The Morgan fingerprint density at radius 1 is 1.50 bits per heavy atom. The van der Waals surface area contributed by atoms with E-state index in [1.807, 2.05) is 13.2 Å². The SMILES string of the molecule is CN(Cc1cnn(C)c1)c1nc(NN)ncc1F. The minimum atomic E-state index is -0.500. The van der Waals surface area contributed by atoms with E-state index in [1.54, 1.807) is 22.8 Å². The Labute approximate surface area is 103 Å². The number of aromatic nitrogens is 4. The fraction of sp³-hybridized carbons (Fsp3) is 0.300. The van der Waals surface area contributed by atoms with Gasteiger partial charge in [0.15, 0.2) is 11.6 Å². The van der Waals surface area contributed by atoms with Crippen molar-refractivity contribution in [2.24, 2.45) is 12.9 Å². The highest BCUT2D eigenvalue weighted by Gasteiger charge is 2.12. The van der Waals surface area contributed by atoms with Gasteiger partial charge in [-0.3, -0.25) is 10.1 Å². The van der Waals surface area contributed by atoms with E-state index in [-0.39, 0.29) is 11.8 Å². The summed E-state index contributed by atoms with van der Waals surface area (Å²) in [5, 5.41) is 4.05. The zero-order valence-electron chi connectivity index (χ0n) is 10.1. The van der Waals surface area contributed by atoms with Crippen LogP contribution in [-0.2, 0) is 13.6 Å². The van der Waals surface area contributed by atoms with Crippen LogP contribution in [0.4, 0.5) is 16.2 Å². The van der Waals surface area contributed by atoms with Crippen LogP contribution >= 0.6 is 0 Å². The van der Waals surface area contributed by atoms with Crippen molar-refractivity contribution in [2.45, 2.75) is 6.54 Å². The Morgan fingerprint density at radius 2 is 2.28 bits per heavy atom. The third-order valence-corrected chi connectivity index (χ3v) is 2.39. The zero-order valence-corrected chi connectivity index (χ0v) is 10.1. The second kappa shape index (κ2) is 4.96. The number of aryl methyl sites for hydroxylation is 1. The van der Waals surface area contributed by atoms with Crippen molar-refractivity contribution in [2.75, 3.05) is 17.4 Å². The van der Waals surface area contributed by atoms with E-state index in [1.165, 1.54) is 0 Å². The lowest BCUT2D eigenvalue weighted by Gasteiger charge is -2.18. The van der Waals surface area contributed by atoms with Crippen LogP contribution in [0.5, 0.6) is 0 Å². The molecule has 96 valence electrons. The van der Waals surface area contributed by atoms with E-state index in [9.17, 15) is 4.39 Å². The second-order valence-electron chi connectivity index (χ2n) is 3.89. The maximum Gasteiger partial charge on any atom is 0.239 e. The summed E-state index contributed by atoms with van der Waals surface area (Å²) in [4.78, 5) is 9.32. The predicted octanol–water partition coefficient (Wildman–Crippen LogP) is 0.271. The predicted molar refractivity (Wildman–Crippen MR) is 65.1 cm³/mol. The number of hydrogen-bond acceptors (Lipinski definition) is 6. The van der Waals surface area contributed by atoms with Crippen molar-refractivity contribution in [3.05, 3.63) is 30.0 Å². The van der Waals surface area contributed by atoms with Crippen molar-refractivity contribution >= 4 is 11.8 Å². The van der Waals surface area contributed by atoms with Gasteiger partial charge < -0.3 is 4.90 Å². The maximum absolute atomic E-state index is 13.6. The molecule has 0 aliphatic rings. The van der Waals surface area contributed by atoms with Gasteiger partial charge in [0, 0.05) is 32.4 Å². The van der Waals surface area contributed by atoms with Gasteiger partial charge >= 0.3 is 0 Å². The molecule has 8 heteroatoms. The molecule has 18 heavy (non-hydrogen) atoms. The first-order valence-electron chi connectivity index (χ1n) is 5.28. The van der Waals surface area contributed by atoms with Crippen LogP contribution in [0.2, 0.25) is 0 Å². The summed E-state index contributed by atoms with van der Waals surface area (Å²) < 4.78 is 15.3. The summed E-state index contributed by atoms with van der Waals surface area (Å²) in [6.45, 7) is 0.492. The molecule has 2 aromatic heterocycles. The summed E-state index contributed by atoms with van der Waals surface area (Å²) in [7, 11) is 3.56. The van der Waals surface area contributed by atoms with Gasteiger partial charge in [-0.15, -0.1) is 0 Å². The molecule has 0 saturated carbocycles. The molecule has 0 aliphatic heterocycles. The van der Waals surface area contributed by atoms with Crippen LogP contribution in [0.25, 0.3) is 0 Å². The van der Waals surface area contributed by atoms with Crippen LogP contribution in [0.1, 0.15) is 5.56 Å². The third-order valence-electron chi connectivity index (χ3n) is 2.39. The van der Waals surface area contributed by atoms with Crippen LogP contribution in [-0.4, -0.2) is 26.8 Å². The summed E-state index contributed by atoms with van der Waals surface area (Å²) in [5.74, 6) is 5.05. The molecule has 0 bridgehead atoms. The van der Waals surface area contributed by atoms with Crippen LogP contribution in [0.15, 0.2) is 18.6 Å². The average Bonchev–Trinajstić information content (AvgIpc) is 2.75. The van der Waals surface area contributed by atoms with Gasteiger partial charge in [-0.05, 0) is 0 Å². The largest absolute Gasteiger partial charge is 0.353 e. The molecule has 2 rings (SSSR count). The number of hydrazine groups is 1. The molecule has 2 heterocycles. The van der Waals surface area contributed by atoms with Gasteiger partial charge in [-0.2, -0.15) is 10.1 Å². The van der Waals surface area contributed by atoms with E-state index in [4.69, 9.17) is 5.84 Å². The summed E-state index contributed by atoms with van der Waals surface area (Å²) in [6, 6.07) is 0. The second-order valence-corrected chi connectivity index (χ2v) is 3.89. The standard InChI is InChI=1S/C10H14FN7/c1-17(5-7-3-14-18(2)6-7)9-8(11)4-13-10(15-9)16-12/h3-4,6H,5,12H2,1-2H3,(H,13,15,16). The highest BCUT2D eigenvalue weighted by molar-refractivity contribution is 5.43. The summed E-state index contributed by atoms with van der Waals surface area (Å²) >= 11 is 0. The molecule has 0 amide bonds. The molecule has 0 fully saturated rings. The lowest BCUT2D eigenvalue weighted by Crippen LogP contribution is -2.21. The average molecular weight is 251 g/mol. The Morgan fingerprint density at radius 3 is 2.89 bits per heavy atom. The number of nitrogens with zero attached hydrogens (tertiary/aromatic N) is 5. The lowest BCUT2D eigenvalue weighted by atomic mass is 10.3. The number of halogens is 1. The van der Waals surface area contributed by atoms with E-state index in [2.05, 4.69) is 20.5 Å². The van der Waals surface area contributed by atoms with E-state index in [0.29, 0.717) is 6.54 Å². The quantitative estimate of drug-likeness (QED) is 0.599. The van der Waals surface area contributed by atoms with Gasteiger partial charge in [0.1, 0.15) is 0 Å². The number of rotatable bonds is 4. The van der Waals surface area contributed by atoms with E-state index in [0.717, 1.165) is 11.8 Å². The smallest absolute Gasteiger partial charge is 0.239 e. The number of nitrogen functional groups attached to an aromatic ring is 1. The first-order valence-corrected chi connectivity index (χ1v) is 5.28. The molecular weight excluding hydrogens is 237 g/mol. The maximum atomic E-state index is 13.6. The molecule has 0 unspecified atom stereocenters. The van der Waals surface area contributed by atoms with Crippen LogP contribution < -0.4 is 16.2 Å². The molecule has 0 aromatic carbocycles. The number of nitrogens with one attached hydrogen (secondary N) is 1. The van der Waals surface area contributed by atoms with Crippen molar-refractivity contribution in [3.63, 3.8) is 0 Å². The first-order chi connectivity index (χ1) is 8.60. The summed E-state index contributed by atoms with van der Waals surface area (Å²) in [6.07, 6.45) is 4.66. The Hall–Kier alpha value is -2.22. The number of nitrogens with two attached hydrogens (primary N) is 1. The van der Waals surface area contributed by atoms with Gasteiger partial charge in [0.25, 0.3) is 0 Å². The Kier molecular flexibility index (Phi) is 3.38. The zero-order chi connectivity index (χ0) is 13.1. The van der Waals surface area contributed by atoms with E-state index >= 15 is 0 Å². The molecule has 2 aromatic rings. The molecular formula is C10H14FN7. The van der Waals surface area contributed by atoms with Gasteiger partial charge in [-0.25, -0.2) is 15.2 Å². The molecule has 3 N–H and O–H groups in total. The minimum Gasteiger partial charge on any atom is -0.353 e. The topological polar surface area (TPSA) is 84.9 Å². The number of anilines is 2. The van der Waals surface area contributed by atoms with E-state index < -0.39 is 5.82 Å². The van der Waals surface area contributed by atoms with Crippen molar-refractivity contribution < 1.29 is 4.39 Å². The molecule has 0 radical (unpaired) electrons. The molecule has 0 saturated heterocycles. The van der Waals surface area contributed by atoms with Gasteiger partial charge in [0.2, 0.25) is 5.95 Å². The van der Waals surface area contributed by atoms with Crippen molar-refractivity contribution in [1.82, 2.24) is 19.7 Å². The molecule has 7 nitrogen and oxygen atoms in total. The van der Waals surface area contributed by atoms with Crippen LogP contribution in [0, 0.1) is 5.82 Å². The number of hydrogen-bond donors (Lipinski definition) is 2. The third kappa shape index (κ3) is 2.54. The monoisotopic (exact) mass is 251 g/mol. The van der Waals surface area contributed by atoms with Crippen LogP contribution in [0.3, 0.4) is 0 Å². The highest BCUT2D eigenvalue weighted by Crippen LogP contribution is 2.17. The molecule has 0 spiro atoms. The van der Waals surface area contributed by atoms with Crippen molar-refractivity contribution in [1.29, 1.82) is 0 Å². The fourth-order valence-corrected chi connectivity index (χ4v) is 1.60. The summed E-state index contributed by atoms with van der Waals surface area (Å²) in [5.41, 5.74) is 3.24. The molecule has 0 aliphatic carbocycles. The highest BCUT2D eigenvalue weighted by atomic mass is 19.1. The van der Waals surface area contributed by atoms with Gasteiger partial charge in [0.05, 0.1) is 12.4 Å². The molecule has 0 atom stereocenters. The normalized spacial score (nSPS) is 10.4. The Balaban J connectivity index is 2.20. The van der Waals surface area contributed by atoms with Gasteiger partial charge in [-0.1, -0.05) is 0 Å². The van der Waals surface area contributed by atoms with Crippen molar-refractivity contribution in [3.8, 4) is 0 Å². The minimum absolute atomic E-state index is 0.171. The lowest BCUT2D eigenvalue weighted by molar-refractivity contribution is 0.607. The fourth-order valence-electron chi connectivity index (χ4n) is 1.60.